The second kappa shape index (κ2) is 11.4. The molecule has 0 radical (unpaired) electrons. The Labute approximate surface area is 224 Å². The topological polar surface area (TPSA) is 74.7 Å². The summed E-state index contributed by atoms with van der Waals surface area (Å²) in [6.45, 7) is 4.57. The molecule has 2 aromatic carbocycles. The summed E-state index contributed by atoms with van der Waals surface area (Å²) >= 11 is 0. The Morgan fingerprint density at radius 3 is 2.18 bits per heavy atom. The average Bonchev–Trinajstić information content (AvgIpc) is 3.35. The molecular weight excluding hydrogens is 480 g/mol. The predicted molar refractivity (Wildman–Crippen MR) is 147 cm³/mol. The quantitative estimate of drug-likeness (QED) is 0.581. The van der Waals surface area contributed by atoms with Crippen LogP contribution in [0.25, 0.3) is 6.08 Å². The van der Waals surface area contributed by atoms with E-state index >= 15 is 0 Å². The van der Waals surface area contributed by atoms with E-state index in [1.165, 1.54) is 5.57 Å². The molecule has 2 heterocycles. The Morgan fingerprint density at radius 2 is 1.58 bits per heavy atom. The van der Waals surface area contributed by atoms with E-state index in [9.17, 15) is 9.59 Å². The molecule has 0 unspecified atom stereocenters. The van der Waals surface area contributed by atoms with E-state index in [0.29, 0.717) is 32.7 Å². The van der Waals surface area contributed by atoms with Gasteiger partial charge in [0, 0.05) is 39.0 Å². The number of hydrogen-bond acceptors (Lipinski definition) is 6. The standard InChI is InChI=1S/C30H36N4O4/c1-21(35)33-17-15-32(16-18-33)20-28(36)34-30(23-9-13-26(38-3)14-10-23)27-6-4-5-24(29(27)31-34)19-22-7-11-25(37-2)12-8-22/h7-14,19,27,30H,4-6,15-18,20H2,1-3H3/b24-19-/t27-,30-/m1/s1. The molecule has 0 bridgehead atoms. The van der Waals surface area contributed by atoms with E-state index in [1.807, 2.05) is 29.2 Å². The molecule has 1 aliphatic carbocycles. The number of carbonyl (C=O) groups excluding carboxylic acids is 2. The summed E-state index contributed by atoms with van der Waals surface area (Å²) in [5, 5.41) is 6.74. The first-order valence-electron chi connectivity index (χ1n) is 13.3. The Balaban J connectivity index is 1.42. The molecule has 0 spiro atoms. The van der Waals surface area contributed by atoms with E-state index in [4.69, 9.17) is 14.6 Å². The predicted octanol–water partition coefficient (Wildman–Crippen LogP) is 3.99. The number of nitrogens with zero attached hydrogens (tertiary/aromatic N) is 4. The number of hydrazone groups is 1. The highest BCUT2D eigenvalue weighted by Gasteiger charge is 2.44. The van der Waals surface area contributed by atoms with Crippen LogP contribution in [0.4, 0.5) is 0 Å². The molecule has 0 aromatic heterocycles. The number of methoxy groups -OCH3 is 2. The fourth-order valence-electron chi connectivity index (χ4n) is 5.73. The van der Waals surface area contributed by atoms with Crippen LogP contribution in [-0.4, -0.2) is 79.3 Å². The van der Waals surface area contributed by atoms with Crippen LogP contribution in [0.1, 0.15) is 43.4 Å². The molecule has 8 heteroatoms. The third-order valence-corrected chi connectivity index (χ3v) is 7.85. The van der Waals surface area contributed by atoms with Crippen LogP contribution in [-0.2, 0) is 9.59 Å². The number of rotatable bonds is 6. The van der Waals surface area contributed by atoms with Gasteiger partial charge in [-0.3, -0.25) is 14.5 Å². The van der Waals surface area contributed by atoms with Crippen LogP contribution in [0.2, 0.25) is 0 Å². The van der Waals surface area contributed by atoms with E-state index in [1.54, 1.807) is 26.2 Å². The number of carbonyl (C=O) groups is 2. The van der Waals surface area contributed by atoms with Crippen LogP contribution in [0, 0.1) is 5.92 Å². The second-order valence-corrected chi connectivity index (χ2v) is 10.2. The highest BCUT2D eigenvalue weighted by atomic mass is 16.5. The molecule has 2 atom stereocenters. The Morgan fingerprint density at radius 1 is 0.947 bits per heavy atom. The maximum atomic E-state index is 13.8. The molecule has 1 saturated heterocycles. The molecule has 38 heavy (non-hydrogen) atoms. The Bertz CT molecular complexity index is 1210. The van der Waals surface area contributed by atoms with E-state index < -0.39 is 0 Å². The lowest BCUT2D eigenvalue weighted by Crippen LogP contribution is -2.50. The van der Waals surface area contributed by atoms with Crippen LogP contribution in [0.3, 0.4) is 0 Å². The fraction of sp³-hybridized carbons (Fsp3) is 0.433. The van der Waals surface area contributed by atoms with Crippen molar-refractivity contribution in [2.45, 2.75) is 32.2 Å². The van der Waals surface area contributed by atoms with Gasteiger partial charge in [0.25, 0.3) is 5.91 Å². The van der Waals surface area contributed by atoms with Crippen molar-refractivity contribution in [1.29, 1.82) is 0 Å². The maximum Gasteiger partial charge on any atom is 0.257 e. The van der Waals surface area contributed by atoms with Gasteiger partial charge in [-0.2, -0.15) is 5.10 Å². The first-order valence-corrected chi connectivity index (χ1v) is 13.3. The van der Waals surface area contributed by atoms with Gasteiger partial charge in [0.1, 0.15) is 11.5 Å². The van der Waals surface area contributed by atoms with E-state index in [0.717, 1.165) is 47.6 Å². The molecule has 2 amide bonds. The van der Waals surface area contributed by atoms with Gasteiger partial charge in [0.2, 0.25) is 5.91 Å². The number of hydrogen-bond donors (Lipinski definition) is 0. The number of fused-ring (bicyclic) bond motifs is 1. The van der Waals surface area contributed by atoms with Gasteiger partial charge in [0.05, 0.1) is 32.5 Å². The summed E-state index contributed by atoms with van der Waals surface area (Å²) in [4.78, 5) is 29.4. The zero-order valence-electron chi connectivity index (χ0n) is 22.4. The normalized spacial score (nSPS) is 22.7. The van der Waals surface area contributed by atoms with Gasteiger partial charge in [-0.05, 0) is 66.3 Å². The summed E-state index contributed by atoms with van der Waals surface area (Å²) in [6, 6.07) is 15.9. The third-order valence-electron chi connectivity index (χ3n) is 7.85. The van der Waals surface area contributed by atoms with Crippen LogP contribution in [0.15, 0.2) is 59.2 Å². The molecule has 2 fully saturated rings. The molecule has 200 valence electrons. The lowest BCUT2D eigenvalue weighted by molar-refractivity contribution is -0.136. The van der Waals surface area contributed by atoms with Gasteiger partial charge < -0.3 is 14.4 Å². The Hall–Kier alpha value is -3.65. The van der Waals surface area contributed by atoms with Crippen LogP contribution >= 0.6 is 0 Å². The van der Waals surface area contributed by atoms with Gasteiger partial charge in [0.15, 0.2) is 0 Å². The van der Waals surface area contributed by atoms with Gasteiger partial charge in [-0.15, -0.1) is 0 Å². The average molecular weight is 517 g/mol. The second-order valence-electron chi connectivity index (χ2n) is 10.2. The molecule has 0 N–H and O–H groups in total. The van der Waals surface area contributed by atoms with Crippen LogP contribution in [0.5, 0.6) is 11.5 Å². The summed E-state index contributed by atoms with van der Waals surface area (Å²) in [5.74, 6) is 1.83. The number of amides is 2. The summed E-state index contributed by atoms with van der Waals surface area (Å²) < 4.78 is 10.7. The zero-order valence-corrected chi connectivity index (χ0v) is 22.4. The summed E-state index contributed by atoms with van der Waals surface area (Å²) in [5.41, 5.74) is 4.37. The zero-order chi connectivity index (χ0) is 26.6. The molecule has 2 aliphatic heterocycles. The van der Waals surface area contributed by atoms with Gasteiger partial charge in [-0.25, -0.2) is 5.01 Å². The third kappa shape index (κ3) is 5.45. The highest BCUT2D eigenvalue weighted by molar-refractivity contribution is 6.08. The number of benzene rings is 2. The van der Waals surface area contributed by atoms with Crippen molar-refractivity contribution in [3.63, 3.8) is 0 Å². The molecule has 1 saturated carbocycles. The van der Waals surface area contributed by atoms with E-state index in [2.05, 4.69) is 35.2 Å². The molecular formula is C30H36N4O4. The molecule has 2 aromatic rings. The molecule has 5 rings (SSSR count). The fourth-order valence-corrected chi connectivity index (χ4v) is 5.73. The van der Waals surface area contributed by atoms with Crippen molar-refractivity contribution in [3.05, 3.63) is 65.2 Å². The maximum absolute atomic E-state index is 13.8. The first kappa shape index (κ1) is 26.0. The number of piperazine rings is 1. The molecule has 8 nitrogen and oxygen atoms in total. The van der Waals surface area contributed by atoms with Gasteiger partial charge in [-0.1, -0.05) is 24.3 Å². The largest absolute Gasteiger partial charge is 0.497 e. The minimum Gasteiger partial charge on any atom is -0.497 e. The Kier molecular flexibility index (Phi) is 7.79. The first-order chi connectivity index (χ1) is 18.5. The number of ether oxygens (including phenoxy) is 2. The van der Waals surface area contributed by atoms with Crippen molar-refractivity contribution in [2.75, 3.05) is 46.9 Å². The van der Waals surface area contributed by atoms with Crippen molar-refractivity contribution in [1.82, 2.24) is 14.8 Å². The SMILES string of the molecule is COc1ccc(/C=C2/CCC[C@@H]3C2=NN(C(=O)CN2CCN(C(C)=O)CC2)[C@@H]3c2ccc(OC)cc2)cc1. The smallest absolute Gasteiger partial charge is 0.257 e. The van der Waals surface area contributed by atoms with Crippen molar-refractivity contribution in [2.24, 2.45) is 11.0 Å². The van der Waals surface area contributed by atoms with Gasteiger partial charge >= 0.3 is 0 Å². The molecule has 3 aliphatic rings. The monoisotopic (exact) mass is 516 g/mol. The van der Waals surface area contributed by atoms with Crippen molar-refractivity contribution < 1.29 is 19.1 Å². The summed E-state index contributed by atoms with van der Waals surface area (Å²) in [6.07, 6.45) is 5.17. The van der Waals surface area contributed by atoms with E-state index in [-0.39, 0.29) is 23.8 Å². The lowest BCUT2D eigenvalue weighted by Gasteiger charge is -2.35. The van der Waals surface area contributed by atoms with Crippen molar-refractivity contribution in [3.8, 4) is 11.5 Å². The minimum atomic E-state index is -0.151. The lowest BCUT2D eigenvalue weighted by atomic mass is 9.77. The minimum absolute atomic E-state index is 0.00668. The number of allylic oxidation sites excluding steroid dienone is 1. The summed E-state index contributed by atoms with van der Waals surface area (Å²) in [7, 11) is 3.32. The van der Waals surface area contributed by atoms with Crippen LogP contribution < -0.4 is 9.47 Å². The van der Waals surface area contributed by atoms with Crippen molar-refractivity contribution >= 4 is 23.6 Å². The highest BCUT2D eigenvalue weighted by Crippen LogP contribution is 2.44.